The molecule has 2 N–H and O–H groups in total. The Morgan fingerprint density at radius 1 is 1.43 bits per heavy atom. The molecule has 2 aliphatic carbocycles. The lowest BCUT2D eigenvalue weighted by Crippen LogP contribution is -2.65. The number of aliphatic hydroxyl groups is 2. The molecular formula is C17H24O6. The molecule has 0 radical (unpaired) electrons. The van der Waals surface area contributed by atoms with Gasteiger partial charge in [-0.1, -0.05) is 13.5 Å². The Morgan fingerprint density at radius 2 is 2.09 bits per heavy atom. The van der Waals surface area contributed by atoms with E-state index in [0.717, 1.165) is 0 Å². The van der Waals surface area contributed by atoms with Crippen LogP contribution in [0.4, 0.5) is 0 Å². The number of ether oxygens (including phenoxy) is 2. The third kappa shape index (κ3) is 2.31. The number of esters is 2. The maximum atomic E-state index is 11.8. The molecule has 3 rings (SSSR count). The summed E-state index contributed by atoms with van der Waals surface area (Å²) in [5, 5.41) is 21.8. The van der Waals surface area contributed by atoms with Gasteiger partial charge in [0.2, 0.25) is 0 Å². The lowest BCUT2D eigenvalue weighted by molar-refractivity contribution is -0.235. The highest BCUT2D eigenvalue weighted by Crippen LogP contribution is 2.59. The van der Waals surface area contributed by atoms with Crippen molar-refractivity contribution >= 4 is 11.9 Å². The van der Waals surface area contributed by atoms with Crippen molar-refractivity contribution in [2.75, 3.05) is 0 Å². The average molecular weight is 324 g/mol. The van der Waals surface area contributed by atoms with Crippen LogP contribution < -0.4 is 0 Å². The van der Waals surface area contributed by atoms with Crippen LogP contribution in [0.3, 0.4) is 0 Å². The van der Waals surface area contributed by atoms with E-state index >= 15 is 0 Å². The largest absolute Gasteiger partial charge is 0.462 e. The minimum Gasteiger partial charge on any atom is -0.462 e. The van der Waals surface area contributed by atoms with E-state index in [9.17, 15) is 19.8 Å². The first kappa shape index (κ1) is 16.5. The molecule has 1 aliphatic heterocycles. The van der Waals surface area contributed by atoms with E-state index in [1.54, 1.807) is 6.92 Å². The lowest BCUT2D eigenvalue weighted by atomic mass is 9.50. The normalized spacial score (nSPS) is 49.2. The Labute approximate surface area is 135 Å². The molecular weight excluding hydrogens is 300 g/mol. The summed E-state index contributed by atoms with van der Waals surface area (Å²) in [5.74, 6) is -1.92. The van der Waals surface area contributed by atoms with Gasteiger partial charge in [-0.05, 0) is 26.2 Å². The van der Waals surface area contributed by atoms with Gasteiger partial charge in [0.05, 0.1) is 17.6 Å². The first-order chi connectivity index (χ1) is 10.6. The summed E-state index contributed by atoms with van der Waals surface area (Å²) in [6.07, 6.45) is -0.518. The highest BCUT2D eigenvalue weighted by Gasteiger charge is 2.65. The lowest BCUT2D eigenvalue weighted by Gasteiger charge is -2.59. The molecule has 7 atom stereocenters. The molecule has 128 valence electrons. The molecule has 3 aliphatic rings. The van der Waals surface area contributed by atoms with E-state index in [0.29, 0.717) is 19.3 Å². The molecule has 0 aromatic rings. The summed E-state index contributed by atoms with van der Waals surface area (Å²) >= 11 is 0. The number of hydrogen-bond acceptors (Lipinski definition) is 6. The van der Waals surface area contributed by atoms with Crippen LogP contribution in [0, 0.1) is 17.3 Å². The average Bonchev–Trinajstić information content (AvgIpc) is 2.67. The molecule has 0 bridgehead atoms. The number of carbonyl (C=O) groups excluding carboxylic acids is 2. The monoisotopic (exact) mass is 324 g/mol. The fourth-order valence-electron chi connectivity index (χ4n) is 5.11. The molecule has 0 amide bonds. The molecule has 0 aromatic heterocycles. The molecule has 6 heteroatoms. The topological polar surface area (TPSA) is 93.1 Å². The first-order valence-electron chi connectivity index (χ1n) is 8.05. The fraction of sp³-hybridized carbons (Fsp3) is 0.765. The van der Waals surface area contributed by atoms with Gasteiger partial charge in [-0.15, -0.1) is 0 Å². The Balaban J connectivity index is 2.02. The SMILES string of the molecule is C=C1C(=O)O[C@H]2C[C@@]3(C)[C@H](OC(C)=O)CC[C@@](C)(O)[C@H]3[C@@H](O)[C@H]12. The number of hydrogen-bond donors (Lipinski definition) is 2. The van der Waals surface area contributed by atoms with Crippen molar-refractivity contribution in [3.63, 3.8) is 0 Å². The molecule has 1 saturated heterocycles. The van der Waals surface area contributed by atoms with Gasteiger partial charge >= 0.3 is 11.9 Å². The highest BCUT2D eigenvalue weighted by atomic mass is 16.6. The first-order valence-corrected chi connectivity index (χ1v) is 8.05. The summed E-state index contributed by atoms with van der Waals surface area (Å²) in [5.41, 5.74) is -1.52. The van der Waals surface area contributed by atoms with E-state index in [2.05, 4.69) is 6.58 Å². The van der Waals surface area contributed by atoms with Crippen LogP contribution >= 0.6 is 0 Å². The minimum absolute atomic E-state index is 0.259. The van der Waals surface area contributed by atoms with E-state index in [4.69, 9.17) is 9.47 Å². The van der Waals surface area contributed by atoms with Crippen LogP contribution in [0.25, 0.3) is 0 Å². The van der Waals surface area contributed by atoms with E-state index in [-0.39, 0.29) is 11.5 Å². The van der Waals surface area contributed by atoms with Gasteiger partial charge in [-0.25, -0.2) is 4.79 Å². The molecule has 3 fully saturated rings. The van der Waals surface area contributed by atoms with Gasteiger partial charge < -0.3 is 19.7 Å². The number of carbonyl (C=O) groups is 2. The quantitative estimate of drug-likeness (QED) is 0.551. The summed E-state index contributed by atoms with van der Waals surface area (Å²) in [6, 6.07) is 0. The Morgan fingerprint density at radius 3 is 2.70 bits per heavy atom. The van der Waals surface area contributed by atoms with Crippen molar-refractivity contribution in [1.29, 1.82) is 0 Å². The second-order valence-corrected chi connectivity index (χ2v) is 7.67. The zero-order valence-electron chi connectivity index (χ0n) is 13.7. The third-order valence-electron chi connectivity index (χ3n) is 6.01. The Kier molecular flexibility index (Phi) is 3.61. The van der Waals surface area contributed by atoms with Gasteiger partial charge in [0.25, 0.3) is 0 Å². The van der Waals surface area contributed by atoms with Gasteiger partial charge in [0, 0.05) is 23.8 Å². The van der Waals surface area contributed by atoms with Gasteiger partial charge in [0.15, 0.2) is 0 Å². The molecule has 0 unspecified atom stereocenters. The van der Waals surface area contributed by atoms with Crippen molar-refractivity contribution in [2.24, 2.45) is 17.3 Å². The van der Waals surface area contributed by atoms with Crippen molar-refractivity contribution in [1.82, 2.24) is 0 Å². The third-order valence-corrected chi connectivity index (χ3v) is 6.01. The van der Waals surface area contributed by atoms with Crippen LogP contribution in [0.1, 0.15) is 40.0 Å². The van der Waals surface area contributed by atoms with Crippen molar-refractivity contribution in [3.8, 4) is 0 Å². The number of rotatable bonds is 1. The smallest absolute Gasteiger partial charge is 0.334 e. The molecule has 0 spiro atoms. The van der Waals surface area contributed by atoms with Crippen LogP contribution in [0.2, 0.25) is 0 Å². The van der Waals surface area contributed by atoms with Crippen LogP contribution in [-0.4, -0.2) is 46.1 Å². The van der Waals surface area contributed by atoms with E-state index in [1.807, 2.05) is 6.92 Å². The van der Waals surface area contributed by atoms with Gasteiger partial charge in [0.1, 0.15) is 12.2 Å². The highest BCUT2D eigenvalue weighted by molar-refractivity contribution is 5.91. The predicted octanol–water partition coefficient (Wildman–Crippen LogP) is 0.948. The Hall–Kier alpha value is -1.40. The van der Waals surface area contributed by atoms with Crippen LogP contribution in [-0.2, 0) is 19.1 Å². The Bertz CT molecular complexity index is 567. The molecule has 23 heavy (non-hydrogen) atoms. The molecule has 0 aromatic carbocycles. The maximum absolute atomic E-state index is 11.8. The van der Waals surface area contributed by atoms with Crippen molar-refractivity contribution < 1.29 is 29.3 Å². The summed E-state index contributed by atoms with van der Waals surface area (Å²) in [7, 11) is 0. The number of fused-ring (bicyclic) bond motifs is 2. The van der Waals surface area contributed by atoms with Gasteiger partial charge in [-0.3, -0.25) is 4.79 Å². The zero-order valence-corrected chi connectivity index (χ0v) is 13.7. The molecule has 2 saturated carbocycles. The fourth-order valence-corrected chi connectivity index (χ4v) is 5.11. The van der Waals surface area contributed by atoms with Crippen molar-refractivity contribution in [2.45, 2.75) is 63.9 Å². The second-order valence-electron chi connectivity index (χ2n) is 7.67. The van der Waals surface area contributed by atoms with Crippen LogP contribution in [0.5, 0.6) is 0 Å². The van der Waals surface area contributed by atoms with E-state index in [1.165, 1.54) is 6.92 Å². The van der Waals surface area contributed by atoms with E-state index < -0.39 is 47.1 Å². The summed E-state index contributed by atoms with van der Waals surface area (Å²) in [6.45, 7) is 8.69. The standard InChI is InChI=1S/C17H24O6/c1-8-12-10(23-15(8)20)7-16(3)11(22-9(2)18)5-6-17(4,21)14(16)13(12)19/h10-14,19,21H,1,5-7H2,2-4H3/t10-,11+,12+,13-,14-,16-,17+/m0/s1. The maximum Gasteiger partial charge on any atom is 0.334 e. The van der Waals surface area contributed by atoms with Gasteiger partial charge in [-0.2, -0.15) is 0 Å². The molecule has 1 heterocycles. The van der Waals surface area contributed by atoms with Crippen LogP contribution in [0.15, 0.2) is 12.2 Å². The van der Waals surface area contributed by atoms with Crippen molar-refractivity contribution in [3.05, 3.63) is 12.2 Å². The zero-order chi connectivity index (χ0) is 17.2. The minimum atomic E-state index is -1.11. The predicted molar refractivity (Wildman–Crippen MR) is 80.1 cm³/mol. The summed E-state index contributed by atoms with van der Waals surface area (Å²) < 4.78 is 10.8. The molecule has 6 nitrogen and oxygen atoms in total. The number of aliphatic hydroxyl groups excluding tert-OH is 1. The summed E-state index contributed by atoms with van der Waals surface area (Å²) in [4.78, 5) is 23.3. The second kappa shape index (κ2) is 5.05.